The molecule has 2 aromatic heterocycles. The summed E-state index contributed by atoms with van der Waals surface area (Å²) in [6.07, 6.45) is 2.16. The van der Waals surface area contributed by atoms with E-state index in [0.29, 0.717) is 35.7 Å². The van der Waals surface area contributed by atoms with Crippen LogP contribution in [0.15, 0.2) is 77.7 Å². The van der Waals surface area contributed by atoms with Gasteiger partial charge in [-0.3, -0.25) is 24.3 Å². The third-order valence-electron chi connectivity index (χ3n) is 5.97. The van der Waals surface area contributed by atoms with E-state index in [0.717, 1.165) is 11.1 Å². The van der Waals surface area contributed by atoms with Crippen molar-refractivity contribution in [1.29, 1.82) is 0 Å². The Morgan fingerprint density at radius 2 is 1.82 bits per heavy atom. The van der Waals surface area contributed by atoms with Crippen LogP contribution in [0.25, 0.3) is 11.3 Å². The maximum absolute atomic E-state index is 13.4. The fourth-order valence-corrected chi connectivity index (χ4v) is 3.91. The molecule has 0 saturated carbocycles. The highest BCUT2D eigenvalue weighted by Gasteiger charge is 2.16. The van der Waals surface area contributed by atoms with Crippen LogP contribution in [0.2, 0.25) is 0 Å². The highest BCUT2D eigenvalue weighted by atomic mass is 16.6. The summed E-state index contributed by atoms with van der Waals surface area (Å²) < 4.78 is 1.31. The summed E-state index contributed by atoms with van der Waals surface area (Å²) in [5.41, 5.74) is 8.61. The minimum Gasteiger partial charge on any atom is -0.384 e. The Bertz CT molecular complexity index is 1500. The first-order valence-electron chi connectivity index (χ1n) is 11.9. The second-order valence-electron chi connectivity index (χ2n) is 8.61. The highest BCUT2D eigenvalue weighted by molar-refractivity contribution is 5.77. The molecule has 2 aromatic carbocycles. The largest absolute Gasteiger partial charge is 0.384 e. The molecule has 0 fully saturated rings. The molecule has 4 rings (SSSR count). The van der Waals surface area contributed by atoms with Gasteiger partial charge >= 0.3 is 0 Å². The number of anilines is 2. The van der Waals surface area contributed by atoms with Crippen molar-refractivity contribution in [3.63, 3.8) is 0 Å². The number of amides is 1. The lowest BCUT2D eigenvalue weighted by atomic mass is 10.1. The van der Waals surface area contributed by atoms with E-state index >= 15 is 0 Å². The van der Waals surface area contributed by atoms with Crippen LogP contribution in [0.1, 0.15) is 16.8 Å². The fourth-order valence-electron chi connectivity index (χ4n) is 3.91. The van der Waals surface area contributed by atoms with Gasteiger partial charge in [0, 0.05) is 36.5 Å². The molecular weight excluding hydrogens is 486 g/mol. The van der Waals surface area contributed by atoms with Gasteiger partial charge in [0.2, 0.25) is 5.91 Å². The second kappa shape index (κ2) is 11.8. The van der Waals surface area contributed by atoms with Crippen molar-refractivity contribution in [1.82, 2.24) is 19.9 Å². The van der Waals surface area contributed by atoms with Crippen LogP contribution in [-0.4, -0.2) is 31.9 Å². The Hall–Kier alpha value is -5.06. The van der Waals surface area contributed by atoms with Gasteiger partial charge < -0.3 is 16.4 Å². The number of hydrogen-bond donors (Lipinski definition) is 3. The molecule has 0 unspecified atom stereocenters. The van der Waals surface area contributed by atoms with Gasteiger partial charge in [0.25, 0.3) is 11.2 Å². The predicted molar refractivity (Wildman–Crippen MR) is 144 cm³/mol. The van der Waals surface area contributed by atoms with Gasteiger partial charge in [-0.25, -0.2) is 9.97 Å². The Kier molecular flexibility index (Phi) is 8.07. The average molecular weight is 514 g/mol. The van der Waals surface area contributed by atoms with Crippen LogP contribution in [0.5, 0.6) is 0 Å². The molecule has 0 aliphatic carbocycles. The predicted octanol–water partition coefficient (Wildman–Crippen LogP) is 3.08. The quantitative estimate of drug-likeness (QED) is 0.216. The molecule has 4 N–H and O–H groups in total. The fraction of sp³-hybridized carbons (Fsp3) is 0.185. The number of benzene rings is 2. The topological polar surface area (TPSA) is 158 Å². The molecule has 11 heteroatoms. The monoisotopic (exact) mass is 513 g/mol. The van der Waals surface area contributed by atoms with E-state index in [9.17, 15) is 19.7 Å². The first kappa shape index (κ1) is 26.0. The molecular formula is C27H27N7O4. The van der Waals surface area contributed by atoms with E-state index < -0.39 is 16.4 Å². The van der Waals surface area contributed by atoms with Gasteiger partial charge in [-0.1, -0.05) is 36.4 Å². The standard InChI is InChI=1S/C27H27N7O4/c1-18-21(9-12-24(28)32-18)15-30-25(35)17-33-23(20-7-10-22(11-8-20)34(37)38)16-31-26(27(33)36)29-14-13-19-5-3-2-4-6-19/h2-12,16H,13-15,17H2,1H3,(H2,28,32)(H,29,31)(H,30,35). The molecule has 1 amide bonds. The zero-order chi connectivity index (χ0) is 27.1. The number of nitrogens with one attached hydrogen (secondary N) is 2. The minimum absolute atomic E-state index is 0.0833. The first-order chi connectivity index (χ1) is 18.3. The number of nitrogens with two attached hydrogens (primary N) is 1. The molecule has 38 heavy (non-hydrogen) atoms. The van der Waals surface area contributed by atoms with Crippen molar-refractivity contribution < 1.29 is 9.72 Å². The van der Waals surface area contributed by atoms with Gasteiger partial charge in [-0.2, -0.15) is 0 Å². The van der Waals surface area contributed by atoms with Crippen molar-refractivity contribution in [3.8, 4) is 11.3 Å². The molecule has 0 saturated heterocycles. The van der Waals surface area contributed by atoms with Crippen molar-refractivity contribution in [3.05, 3.63) is 110 Å². The van der Waals surface area contributed by atoms with Crippen LogP contribution in [0.3, 0.4) is 0 Å². The van der Waals surface area contributed by atoms with Crippen LogP contribution in [0, 0.1) is 17.0 Å². The van der Waals surface area contributed by atoms with E-state index in [4.69, 9.17) is 5.73 Å². The lowest BCUT2D eigenvalue weighted by Crippen LogP contribution is -2.34. The van der Waals surface area contributed by atoms with Gasteiger partial charge in [0.15, 0.2) is 5.82 Å². The third-order valence-corrected chi connectivity index (χ3v) is 5.97. The zero-order valence-electron chi connectivity index (χ0n) is 20.8. The number of aryl methyl sites for hydroxylation is 1. The summed E-state index contributed by atoms with van der Waals surface area (Å²) in [6.45, 7) is 2.21. The van der Waals surface area contributed by atoms with Gasteiger partial charge in [-0.05, 0) is 42.7 Å². The van der Waals surface area contributed by atoms with Crippen molar-refractivity contribution >= 4 is 23.2 Å². The number of hydrogen-bond acceptors (Lipinski definition) is 8. The number of nitrogen functional groups attached to an aromatic ring is 1. The molecule has 0 radical (unpaired) electrons. The van der Waals surface area contributed by atoms with E-state index in [2.05, 4.69) is 20.6 Å². The molecule has 11 nitrogen and oxygen atoms in total. The first-order valence-corrected chi connectivity index (χ1v) is 11.9. The van der Waals surface area contributed by atoms with E-state index in [1.807, 2.05) is 30.3 Å². The summed E-state index contributed by atoms with van der Waals surface area (Å²) in [4.78, 5) is 45.4. The lowest BCUT2D eigenvalue weighted by molar-refractivity contribution is -0.384. The smallest absolute Gasteiger partial charge is 0.294 e. The Morgan fingerprint density at radius 1 is 1.08 bits per heavy atom. The maximum atomic E-state index is 13.4. The Morgan fingerprint density at radius 3 is 2.50 bits per heavy atom. The minimum atomic E-state index is -0.504. The van der Waals surface area contributed by atoms with Crippen LogP contribution < -0.4 is 21.9 Å². The summed E-state index contributed by atoms with van der Waals surface area (Å²) in [6, 6.07) is 19.0. The summed E-state index contributed by atoms with van der Waals surface area (Å²) in [5.74, 6) is 0.104. The van der Waals surface area contributed by atoms with Crippen molar-refractivity contribution in [2.75, 3.05) is 17.6 Å². The van der Waals surface area contributed by atoms with Gasteiger partial charge in [-0.15, -0.1) is 0 Å². The zero-order valence-corrected chi connectivity index (χ0v) is 20.8. The number of carbonyl (C=O) groups excluding carboxylic acids is 1. The Balaban J connectivity index is 1.57. The van der Waals surface area contributed by atoms with Crippen LogP contribution in [-0.2, 0) is 24.3 Å². The van der Waals surface area contributed by atoms with Crippen LogP contribution >= 0.6 is 0 Å². The van der Waals surface area contributed by atoms with Crippen molar-refractivity contribution in [2.45, 2.75) is 26.4 Å². The van der Waals surface area contributed by atoms with Crippen molar-refractivity contribution in [2.24, 2.45) is 0 Å². The number of carbonyl (C=O) groups is 1. The molecule has 0 aliphatic heterocycles. The number of nitrogens with zero attached hydrogens (tertiary/aromatic N) is 4. The number of pyridine rings is 1. The number of nitro benzene ring substituents is 1. The van der Waals surface area contributed by atoms with Gasteiger partial charge in [0.1, 0.15) is 12.4 Å². The third kappa shape index (κ3) is 6.38. The highest BCUT2D eigenvalue weighted by Crippen LogP contribution is 2.22. The average Bonchev–Trinajstić information content (AvgIpc) is 2.91. The summed E-state index contributed by atoms with van der Waals surface area (Å²) >= 11 is 0. The maximum Gasteiger partial charge on any atom is 0.294 e. The molecule has 4 aromatic rings. The summed E-state index contributed by atoms with van der Waals surface area (Å²) in [5, 5.41) is 16.9. The lowest BCUT2D eigenvalue weighted by Gasteiger charge is -2.15. The number of non-ortho nitro benzene ring substituents is 1. The molecule has 0 spiro atoms. The number of rotatable bonds is 10. The molecule has 0 atom stereocenters. The SMILES string of the molecule is Cc1nc(N)ccc1CNC(=O)Cn1c(-c2ccc([N+](=O)[O-])cc2)cnc(NCCc2ccccc2)c1=O. The Labute approximate surface area is 218 Å². The van der Waals surface area contributed by atoms with E-state index in [1.54, 1.807) is 19.1 Å². The molecule has 0 aliphatic rings. The van der Waals surface area contributed by atoms with E-state index in [-0.39, 0.29) is 24.6 Å². The molecule has 0 bridgehead atoms. The second-order valence-corrected chi connectivity index (χ2v) is 8.61. The van der Waals surface area contributed by atoms with Crippen LogP contribution in [0.4, 0.5) is 17.3 Å². The molecule has 194 valence electrons. The number of nitro groups is 1. The van der Waals surface area contributed by atoms with Gasteiger partial charge in [0.05, 0.1) is 16.8 Å². The normalized spacial score (nSPS) is 10.7. The summed E-state index contributed by atoms with van der Waals surface area (Å²) in [7, 11) is 0. The molecule has 2 heterocycles. The number of aromatic nitrogens is 3. The van der Waals surface area contributed by atoms with E-state index in [1.165, 1.54) is 35.0 Å².